The van der Waals surface area contributed by atoms with Crippen LogP contribution in [-0.2, 0) is 14.4 Å². The molecule has 1 fully saturated rings. The average Bonchev–Trinajstić information content (AvgIpc) is 3.38. The number of thioether (sulfide) groups is 2. The van der Waals surface area contributed by atoms with E-state index in [-0.39, 0.29) is 17.5 Å². The molecule has 3 atom stereocenters. The lowest BCUT2D eigenvalue weighted by Gasteiger charge is -2.49. The zero-order chi connectivity index (χ0) is 26.7. The molecule has 0 saturated carbocycles. The molecular weight excluding hydrogens is 540 g/mol. The van der Waals surface area contributed by atoms with Crippen LogP contribution in [0, 0.1) is 5.21 Å². The van der Waals surface area contributed by atoms with Gasteiger partial charge in [-0.2, -0.15) is 0 Å². The van der Waals surface area contributed by atoms with Crippen molar-refractivity contribution in [3.63, 3.8) is 0 Å². The van der Waals surface area contributed by atoms with Crippen molar-refractivity contribution in [3.8, 4) is 0 Å². The van der Waals surface area contributed by atoms with Gasteiger partial charge in [0.25, 0.3) is 5.91 Å². The molecule has 15 heteroatoms. The molecule has 4 N–H and O–H groups in total. The van der Waals surface area contributed by atoms with Crippen LogP contribution >= 0.6 is 34.9 Å². The standard InChI is InChI=1S/C22H24N6O6S3/c1-11(2)23-22(33)25-15(13-5-4-8-35-13)18(29)24-16-19(30)28-17(21(31)32)12(10-37-20(16)28)9-36-14-6-3-7-27(34)26-14/h3-8,11,15-16,20H,9-10H2,1-2H3,(H,24,29)(H,31,32)(H2,23,25,33)/t15?,16-,20?/m0/s1. The van der Waals surface area contributed by atoms with Gasteiger partial charge in [-0.05, 0) is 36.9 Å². The van der Waals surface area contributed by atoms with E-state index >= 15 is 0 Å². The quantitative estimate of drug-likeness (QED) is 0.151. The van der Waals surface area contributed by atoms with E-state index in [1.54, 1.807) is 37.4 Å². The Balaban J connectivity index is 1.46. The van der Waals surface area contributed by atoms with E-state index in [1.165, 1.54) is 52.0 Å². The first-order valence-electron chi connectivity index (χ1n) is 11.2. The number of thiophene rings is 1. The van der Waals surface area contributed by atoms with E-state index in [2.05, 4.69) is 21.0 Å². The lowest BCUT2D eigenvalue weighted by atomic mass is 10.0. The predicted molar refractivity (Wildman–Crippen MR) is 137 cm³/mol. The Morgan fingerprint density at radius 2 is 2.08 bits per heavy atom. The van der Waals surface area contributed by atoms with Gasteiger partial charge in [0.15, 0.2) is 5.03 Å². The van der Waals surface area contributed by atoms with Gasteiger partial charge in [-0.15, -0.1) is 23.1 Å². The number of carboxylic acid groups (broad SMARTS) is 1. The minimum Gasteiger partial charge on any atom is -0.594 e. The molecule has 4 amide bonds. The van der Waals surface area contributed by atoms with Gasteiger partial charge in [-0.1, -0.05) is 22.7 Å². The number of rotatable bonds is 9. The fraction of sp³-hybridized carbons (Fsp3) is 0.364. The Kier molecular flexibility index (Phi) is 8.24. The lowest BCUT2D eigenvalue weighted by Crippen LogP contribution is -2.71. The van der Waals surface area contributed by atoms with E-state index in [1.807, 2.05) is 0 Å². The Hall–Kier alpha value is -3.30. The van der Waals surface area contributed by atoms with E-state index < -0.39 is 41.3 Å². The molecule has 0 aliphatic carbocycles. The molecule has 2 aromatic heterocycles. The largest absolute Gasteiger partial charge is 0.594 e. The van der Waals surface area contributed by atoms with Crippen molar-refractivity contribution in [2.75, 3.05) is 11.5 Å². The maximum atomic E-state index is 13.2. The Labute approximate surface area is 224 Å². The highest BCUT2D eigenvalue weighted by Gasteiger charge is 2.54. The highest BCUT2D eigenvalue weighted by Crippen LogP contribution is 2.41. The summed E-state index contributed by atoms with van der Waals surface area (Å²) in [7, 11) is 0. The van der Waals surface area contributed by atoms with Crippen LogP contribution in [0.5, 0.6) is 0 Å². The number of aromatic nitrogens is 2. The second kappa shape index (κ2) is 11.4. The molecule has 2 aromatic rings. The molecule has 4 rings (SSSR count). The molecule has 0 spiro atoms. The lowest BCUT2D eigenvalue weighted by molar-refractivity contribution is -0.672. The topological polar surface area (TPSA) is 168 Å². The number of hydrogen-bond acceptors (Lipinski definition) is 9. The van der Waals surface area contributed by atoms with Gasteiger partial charge in [-0.25, -0.2) is 9.59 Å². The number of β-lactam (4-membered cyclic amide) rings is 1. The summed E-state index contributed by atoms with van der Waals surface area (Å²) in [5.74, 6) is -1.81. The van der Waals surface area contributed by atoms with E-state index in [0.717, 1.165) is 0 Å². The predicted octanol–water partition coefficient (Wildman–Crippen LogP) is 1.06. The molecule has 4 heterocycles. The second-order valence-electron chi connectivity index (χ2n) is 8.41. The number of carboxylic acids is 1. The van der Waals surface area contributed by atoms with Crippen LogP contribution in [0.25, 0.3) is 0 Å². The number of urea groups is 1. The fourth-order valence-electron chi connectivity index (χ4n) is 3.79. The molecule has 0 bridgehead atoms. The summed E-state index contributed by atoms with van der Waals surface area (Å²) in [6.45, 7) is 3.58. The molecule has 1 saturated heterocycles. The summed E-state index contributed by atoms with van der Waals surface area (Å²) in [6, 6.07) is 4.02. The number of nitrogens with zero attached hydrogens (tertiary/aromatic N) is 3. The summed E-state index contributed by atoms with van der Waals surface area (Å²) < 4.78 is 0. The summed E-state index contributed by atoms with van der Waals surface area (Å²) in [4.78, 5) is 52.8. The van der Waals surface area contributed by atoms with Crippen molar-refractivity contribution in [2.24, 2.45) is 0 Å². The Morgan fingerprint density at radius 1 is 1.30 bits per heavy atom. The zero-order valence-corrected chi connectivity index (χ0v) is 22.2. The minimum absolute atomic E-state index is 0.123. The fourth-order valence-corrected chi connectivity index (χ4v) is 6.91. The van der Waals surface area contributed by atoms with Crippen LogP contribution in [0.4, 0.5) is 4.79 Å². The van der Waals surface area contributed by atoms with Gasteiger partial charge >= 0.3 is 12.0 Å². The monoisotopic (exact) mass is 564 g/mol. The zero-order valence-electron chi connectivity index (χ0n) is 19.7. The van der Waals surface area contributed by atoms with E-state index in [9.17, 15) is 29.5 Å². The number of nitrogens with one attached hydrogen (secondary N) is 3. The summed E-state index contributed by atoms with van der Waals surface area (Å²) in [5.41, 5.74) is 0.394. The van der Waals surface area contributed by atoms with Gasteiger partial charge < -0.3 is 26.3 Å². The number of fused-ring (bicyclic) bond motifs is 1. The molecule has 2 aliphatic rings. The molecule has 37 heavy (non-hydrogen) atoms. The molecule has 196 valence electrons. The van der Waals surface area contributed by atoms with Gasteiger partial charge in [0, 0.05) is 33.6 Å². The van der Waals surface area contributed by atoms with Crippen LogP contribution in [0.2, 0.25) is 0 Å². The molecule has 2 unspecified atom stereocenters. The minimum atomic E-state index is -1.25. The van der Waals surface area contributed by atoms with Gasteiger partial charge in [0.05, 0.1) is 0 Å². The first-order valence-corrected chi connectivity index (χ1v) is 14.1. The maximum absolute atomic E-state index is 13.2. The Morgan fingerprint density at radius 3 is 2.73 bits per heavy atom. The smallest absolute Gasteiger partial charge is 0.352 e. The van der Waals surface area contributed by atoms with Crippen LogP contribution in [0.3, 0.4) is 0 Å². The third-order valence-electron chi connectivity index (χ3n) is 5.38. The number of carbonyl (C=O) groups excluding carboxylic acids is 3. The third kappa shape index (κ3) is 5.99. The van der Waals surface area contributed by atoms with E-state index in [0.29, 0.717) is 26.1 Å². The van der Waals surface area contributed by atoms with Crippen LogP contribution < -0.4 is 20.8 Å². The van der Waals surface area contributed by atoms with Crippen molar-refractivity contribution >= 4 is 58.7 Å². The second-order valence-corrected chi connectivity index (χ2v) is 11.5. The van der Waals surface area contributed by atoms with Gasteiger partial charge in [0.1, 0.15) is 23.2 Å². The first kappa shape index (κ1) is 26.8. The van der Waals surface area contributed by atoms with Crippen molar-refractivity contribution in [1.82, 2.24) is 25.9 Å². The van der Waals surface area contributed by atoms with Gasteiger partial charge in [-0.3, -0.25) is 14.5 Å². The van der Waals surface area contributed by atoms with E-state index in [4.69, 9.17) is 0 Å². The number of carbonyl (C=O) groups is 4. The Bertz CT molecular complexity index is 1240. The molecule has 2 aliphatic heterocycles. The molecule has 0 aromatic carbocycles. The third-order valence-corrected chi connectivity index (χ3v) is 8.66. The SMILES string of the molecule is CC(C)NC(=O)NC(C(=O)N[C@H]1C(=O)N2C(C(=O)O)=C(CSc3ccc[n+]([O-])n3)CSC12)c1cccs1. The number of amides is 4. The van der Waals surface area contributed by atoms with Crippen LogP contribution in [0.1, 0.15) is 24.8 Å². The first-order chi connectivity index (χ1) is 17.7. The molecule has 12 nitrogen and oxygen atoms in total. The van der Waals surface area contributed by atoms with Crippen molar-refractivity contribution in [1.29, 1.82) is 0 Å². The van der Waals surface area contributed by atoms with Crippen molar-refractivity contribution in [2.45, 2.75) is 42.4 Å². The maximum Gasteiger partial charge on any atom is 0.352 e. The van der Waals surface area contributed by atoms with Crippen LogP contribution in [-0.4, -0.2) is 67.9 Å². The van der Waals surface area contributed by atoms with Crippen molar-refractivity contribution < 1.29 is 29.1 Å². The molecule has 0 radical (unpaired) electrons. The number of aliphatic carboxylic acids is 1. The van der Waals surface area contributed by atoms with Crippen LogP contribution in [0.15, 0.2) is 52.1 Å². The summed E-state index contributed by atoms with van der Waals surface area (Å²) >= 11 is 3.82. The normalized spacial score (nSPS) is 19.6. The average molecular weight is 565 g/mol. The summed E-state index contributed by atoms with van der Waals surface area (Å²) in [6.07, 6.45) is 1.25. The summed E-state index contributed by atoms with van der Waals surface area (Å²) in [5, 5.41) is 34.7. The van der Waals surface area contributed by atoms with Gasteiger partial charge in [0.2, 0.25) is 12.1 Å². The molecular formula is C22H24N6O6S3. The number of hydrogen-bond donors (Lipinski definition) is 4. The highest BCUT2D eigenvalue weighted by molar-refractivity contribution is 8.01. The highest BCUT2D eigenvalue weighted by atomic mass is 32.2. The van der Waals surface area contributed by atoms with Crippen molar-refractivity contribution in [3.05, 3.63) is 57.2 Å².